The monoisotopic (exact) mass is 1150 g/mol. The first-order chi connectivity index (χ1) is 40.7. The molecule has 28 nitrogen and oxygen atoms in total. The molecule has 2 fully saturated rings. The number of hydrogen-bond acceptors (Lipinski definition) is 20. The SMILES string of the molecule is O=C(CO)N[C@H]1C[C@@H](n2cnc3c(N[C@H](CO)Cc4ccccc4)nc(C#CCNC(=O)Nc4cccc(NC(=O)NCC#Cc5nc(N[C@H](CO)Cc6ccccc6)c6ncn([C@@H]7C[C@H](NC(=O)CO)[C@@H](O)[C@H]7O)c6n5)c4)nc32)[C@H](O)[C@@H]1O. The van der Waals surface area contributed by atoms with Crippen LogP contribution < -0.4 is 42.5 Å². The van der Waals surface area contributed by atoms with Gasteiger partial charge in [0.05, 0.1) is 75.2 Å². The van der Waals surface area contributed by atoms with Crippen molar-refractivity contribution < 1.29 is 60.0 Å². The van der Waals surface area contributed by atoms with Crippen LogP contribution in [0.1, 0.15) is 47.7 Å². The third-order valence-electron chi connectivity index (χ3n) is 14.1. The van der Waals surface area contributed by atoms with Crippen LogP contribution >= 0.6 is 0 Å². The molecule has 7 aromatic rings. The Morgan fingerprint density at radius 3 is 1.36 bits per heavy atom. The van der Waals surface area contributed by atoms with Crippen LogP contribution in [0.25, 0.3) is 22.3 Å². The topological polar surface area (TPSA) is 414 Å². The van der Waals surface area contributed by atoms with Crippen LogP contribution in [0.15, 0.2) is 97.6 Å². The molecule has 28 heteroatoms. The van der Waals surface area contributed by atoms with Crippen molar-refractivity contribution in [2.75, 3.05) is 60.8 Å². The zero-order valence-electron chi connectivity index (χ0n) is 44.9. The highest BCUT2D eigenvalue weighted by molar-refractivity contribution is 5.93. The number of imidazole rings is 2. The van der Waals surface area contributed by atoms with E-state index in [9.17, 15) is 60.0 Å². The molecule has 0 aliphatic heterocycles. The second-order valence-corrected chi connectivity index (χ2v) is 19.9. The summed E-state index contributed by atoms with van der Waals surface area (Å²) in [6, 6.07) is 19.6. The molecule has 2 aliphatic carbocycles. The molecule has 2 aliphatic rings. The summed E-state index contributed by atoms with van der Waals surface area (Å²) in [5.74, 6) is 10.3. The van der Waals surface area contributed by atoms with Gasteiger partial charge in [-0.1, -0.05) is 78.6 Å². The van der Waals surface area contributed by atoms with E-state index in [-0.39, 0.29) is 84.8 Å². The van der Waals surface area contributed by atoms with Crippen LogP contribution in [0.4, 0.5) is 32.6 Å². The fourth-order valence-corrected chi connectivity index (χ4v) is 10.0. The molecule has 84 heavy (non-hydrogen) atoms. The van der Waals surface area contributed by atoms with E-state index < -0.39 is 97.8 Å². The second-order valence-electron chi connectivity index (χ2n) is 19.9. The molecule has 6 amide bonds. The number of benzene rings is 3. The van der Waals surface area contributed by atoms with Crippen molar-refractivity contribution in [3.63, 3.8) is 0 Å². The van der Waals surface area contributed by atoms with Crippen LogP contribution in [0.2, 0.25) is 0 Å². The van der Waals surface area contributed by atoms with Crippen LogP contribution in [-0.2, 0) is 22.4 Å². The Morgan fingerprint density at radius 2 is 0.964 bits per heavy atom. The van der Waals surface area contributed by atoms with E-state index in [0.29, 0.717) is 24.2 Å². The lowest BCUT2D eigenvalue weighted by atomic mass is 10.1. The van der Waals surface area contributed by atoms with E-state index in [1.165, 1.54) is 18.7 Å². The van der Waals surface area contributed by atoms with E-state index in [2.05, 4.69) is 96.1 Å². The van der Waals surface area contributed by atoms with Crippen molar-refractivity contribution in [2.24, 2.45) is 0 Å². The molecule has 10 atom stereocenters. The number of nitrogens with one attached hydrogen (secondary N) is 8. The first-order valence-corrected chi connectivity index (χ1v) is 26.7. The van der Waals surface area contributed by atoms with Crippen molar-refractivity contribution in [3.05, 3.63) is 120 Å². The average molecular weight is 1150 g/mol. The maximum absolute atomic E-state index is 13.1. The first kappa shape index (κ1) is 59.3. The number of carbonyl (C=O) groups excluding carboxylic acids is 4. The Bertz CT molecular complexity index is 3360. The Morgan fingerprint density at radius 1 is 0.548 bits per heavy atom. The number of carbonyl (C=O) groups is 4. The van der Waals surface area contributed by atoms with Gasteiger partial charge in [-0.3, -0.25) is 9.59 Å². The number of nitrogens with zero attached hydrogens (tertiary/aromatic N) is 8. The number of fused-ring (bicyclic) bond motifs is 2. The van der Waals surface area contributed by atoms with Gasteiger partial charge >= 0.3 is 12.1 Å². The first-order valence-electron chi connectivity index (χ1n) is 26.7. The number of rotatable bonds is 20. The van der Waals surface area contributed by atoms with E-state index in [0.717, 1.165) is 11.1 Å². The number of aliphatic hydroxyl groups is 8. The zero-order chi connectivity index (χ0) is 59.3. The van der Waals surface area contributed by atoms with E-state index in [1.807, 2.05) is 60.7 Å². The van der Waals surface area contributed by atoms with E-state index in [4.69, 9.17) is 0 Å². The van der Waals surface area contributed by atoms with Crippen molar-refractivity contribution in [1.29, 1.82) is 0 Å². The van der Waals surface area contributed by atoms with E-state index >= 15 is 0 Å². The summed E-state index contributed by atoms with van der Waals surface area (Å²) in [5, 5.41) is 105. The highest BCUT2D eigenvalue weighted by Gasteiger charge is 2.45. The van der Waals surface area contributed by atoms with Gasteiger partial charge in [0.2, 0.25) is 23.5 Å². The Kier molecular flexibility index (Phi) is 19.5. The van der Waals surface area contributed by atoms with Gasteiger partial charge in [0, 0.05) is 11.4 Å². The molecule has 0 radical (unpaired) electrons. The summed E-state index contributed by atoms with van der Waals surface area (Å²) in [4.78, 5) is 77.5. The standard InChI is InChI=1S/C56H62N16O12/c73-25-35(20-31-10-3-1-4-11-31)61-51-45-53(71(29-59-45)39-23-37(47(79)49(39)81)65-43(77)27-75)69-41(67-51)16-8-18-57-55(83)63-33-14-7-15-34(22-33)64-56(84)58-19-9-17-42-68-52(62-36(26-74)21-32-12-5-2-6-13-32)46-54(70-42)72(30-60-46)40-24-38(48(80)50(40)82)66-44(78)28-76/h1-7,10-15,22,29-30,35-40,47-50,73-76,79-82H,18-21,23-28H2,(H,65,77)(H,66,78)(H2,57,63,83)(H2,58,64,84)(H,61,67,69)(H,62,68,70)/t35-,36-,37-,38-,39+,40+,47+,48+,49-,50-/m0/s1. The van der Waals surface area contributed by atoms with Gasteiger partial charge in [0.25, 0.3) is 0 Å². The summed E-state index contributed by atoms with van der Waals surface area (Å²) < 4.78 is 3.08. The highest BCUT2D eigenvalue weighted by Crippen LogP contribution is 2.36. The van der Waals surface area contributed by atoms with Gasteiger partial charge in [-0.25, -0.2) is 39.5 Å². The Balaban J connectivity index is 0.837. The minimum Gasteiger partial charge on any atom is -0.394 e. The maximum Gasteiger partial charge on any atom is 0.319 e. The molecule has 0 unspecified atom stereocenters. The molecule has 4 heterocycles. The van der Waals surface area contributed by atoms with Gasteiger partial charge in [-0.15, -0.1) is 0 Å². The maximum atomic E-state index is 13.1. The largest absolute Gasteiger partial charge is 0.394 e. The third kappa shape index (κ3) is 14.4. The number of aliphatic hydroxyl groups excluding tert-OH is 8. The van der Waals surface area contributed by atoms with Crippen molar-refractivity contribution >= 4 is 69.2 Å². The van der Waals surface area contributed by atoms with Gasteiger partial charge in [0.15, 0.2) is 34.0 Å². The number of amides is 6. The van der Waals surface area contributed by atoms with Crippen molar-refractivity contribution in [3.8, 4) is 23.7 Å². The molecular formula is C56H62N16O12. The van der Waals surface area contributed by atoms with E-state index in [1.54, 1.807) is 27.3 Å². The summed E-state index contributed by atoms with van der Waals surface area (Å²) in [7, 11) is 0. The number of aromatic nitrogens is 8. The molecular weight excluding hydrogens is 1090 g/mol. The van der Waals surface area contributed by atoms with Crippen LogP contribution in [0.3, 0.4) is 0 Å². The summed E-state index contributed by atoms with van der Waals surface area (Å²) in [6.45, 7) is -2.51. The quantitative estimate of drug-likeness (QED) is 0.0392. The molecule has 438 valence electrons. The van der Waals surface area contributed by atoms with Gasteiger partial charge in [0.1, 0.15) is 37.6 Å². The minimum atomic E-state index is -1.37. The van der Waals surface area contributed by atoms with Gasteiger partial charge < -0.3 is 92.5 Å². The van der Waals surface area contributed by atoms with Crippen molar-refractivity contribution in [1.82, 2.24) is 60.3 Å². The van der Waals surface area contributed by atoms with Gasteiger partial charge in [-0.05, 0) is 66.9 Å². The van der Waals surface area contributed by atoms with Crippen LogP contribution in [0.5, 0.6) is 0 Å². The smallest absolute Gasteiger partial charge is 0.319 e. The lowest BCUT2D eigenvalue weighted by Gasteiger charge is -2.19. The number of urea groups is 2. The number of anilines is 4. The van der Waals surface area contributed by atoms with Crippen molar-refractivity contribution in [2.45, 2.75) is 86.4 Å². The normalized spacial score (nSPS) is 20.6. The Hall–Kier alpha value is -9.36. The molecule has 16 N–H and O–H groups in total. The summed E-state index contributed by atoms with van der Waals surface area (Å²) >= 11 is 0. The fraction of sp³-hybridized carbons (Fsp3) is 0.357. The molecule has 2 saturated carbocycles. The molecule has 9 rings (SSSR count). The predicted molar refractivity (Wildman–Crippen MR) is 304 cm³/mol. The molecule has 3 aromatic carbocycles. The van der Waals surface area contributed by atoms with Gasteiger partial charge in [-0.2, -0.15) is 0 Å². The molecule has 0 spiro atoms. The summed E-state index contributed by atoms with van der Waals surface area (Å²) in [5.41, 5.74) is 3.51. The summed E-state index contributed by atoms with van der Waals surface area (Å²) in [6.07, 6.45) is -1.63. The lowest BCUT2D eigenvalue weighted by Crippen LogP contribution is -2.44. The predicted octanol–water partition coefficient (Wildman–Crippen LogP) is -1.37. The lowest BCUT2D eigenvalue weighted by molar-refractivity contribution is -0.126. The second kappa shape index (κ2) is 27.6. The van der Waals surface area contributed by atoms with Crippen LogP contribution in [0, 0.1) is 23.7 Å². The minimum absolute atomic E-state index is 0.00881. The fourth-order valence-electron chi connectivity index (χ4n) is 10.0. The third-order valence-corrected chi connectivity index (χ3v) is 14.1. The molecule has 4 aromatic heterocycles. The molecule has 0 saturated heterocycles. The Labute approximate surface area is 479 Å². The molecule has 0 bridgehead atoms. The number of hydrogen-bond donors (Lipinski definition) is 16. The zero-order valence-corrected chi connectivity index (χ0v) is 44.9. The van der Waals surface area contributed by atoms with Crippen LogP contribution in [-0.4, -0.2) is 192 Å². The highest BCUT2D eigenvalue weighted by atomic mass is 16.3. The average Bonchev–Trinajstić information content (AvgIpc) is 4.01.